The third-order valence-electron chi connectivity index (χ3n) is 6.19. The number of nitrogens with zero attached hydrogens (tertiary/aromatic N) is 2. The Morgan fingerprint density at radius 3 is 1.83 bits per heavy atom. The summed E-state index contributed by atoms with van der Waals surface area (Å²) in [6.45, 7) is 4.08. The molecule has 1 saturated heterocycles. The Hall–Kier alpha value is -4.65. The van der Waals surface area contributed by atoms with E-state index >= 15 is 0 Å². The predicted octanol–water partition coefficient (Wildman–Crippen LogP) is 1.35. The second kappa shape index (κ2) is 13.8. The summed E-state index contributed by atoms with van der Waals surface area (Å²) in [6.07, 6.45) is -2.02. The van der Waals surface area contributed by atoms with Gasteiger partial charge in [0, 0.05) is 13.1 Å². The number of aliphatic carboxylic acids is 1. The monoisotopic (exact) mass is 585 g/mol. The van der Waals surface area contributed by atoms with Crippen molar-refractivity contribution in [2.75, 3.05) is 40.4 Å². The van der Waals surface area contributed by atoms with E-state index in [0.29, 0.717) is 11.5 Å². The number of benzene rings is 2. The standard InChI is InChI=1S/C29H35N3O10/c1-29(2,3)42-28(38)27(37)41-25(26(35)36)32-15-14-31(17-23(32)34)16-22(33)30-24(18-6-10-20(39-4)11-7-18)19-8-12-21(40-5)13-9-19/h6-13,24-25H,14-17H2,1-5H3,(H,30,33)(H,35,36). The first-order chi connectivity index (χ1) is 19.8. The Kier molecular flexibility index (Phi) is 10.5. The average molecular weight is 586 g/mol. The molecule has 0 radical (unpaired) electrons. The van der Waals surface area contributed by atoms with E-state index in [0.717, 1.165) is 16.0 Å². The number of carboxylic acid groups (broad SMARTS) is 1. The maximum Gasteiger partial charge on any atom is 0.419 e. The predicted molar refractivity (Wildman–Crippen MR) is 147 cm³/mol. The number of amides is 2. The summed E-state index contributed by atoms with van der Waals surface area (Å²) in [5.41, 5.74) is 0.592. The number of hydrogen-bond acceptors (Lipinski definition) is 10. The van der Waals surface area contributed by atoms with Crippen LogP contribution in [0.15, 0.2) is 48.5 Å². The second-order valence-corrected chi connectivity index (χ2v) is 10.4. The minimum absolute atomic E-state index is 0.114. The molecule has 0 bridgehead atoms. The molecule has 0 saturated carbocycles. The number of nitrogens with one attached hydrogen (secondary N) is 1. The highest BCUT2D eigenvalue weighted by Crippen LogP contribution is 2.26. The van der Waals surface area contributed by atoms with Crippen molar-refractivity contribution < 1.29 is 48.0 Å². The largest absolute Gasteiger partial charge is 0.497 e. The molecule has 1 aliphatic rings. The van der Waals surface area contributed by atoms with Gasteiger partial charge < -0.3 is 29.4 Å². The molecule has 0 aliphatic carbocycles. The summed E-state index contributed by atoms with van der Waals surface area (Å²) in [6, 6.07) is 13.9. The number of ether oxygens (including phenoxy) is 4. The van der Waals surface area contributed by atoms with Crippen LogP contribution in [0.3, 0.4) is 0 Å². The van der Waals surface area contributed by atoms with E-state index in [-0.39, 0.29) is 32.1 Å². The minimum atomic E-state index is -2.02. The van der Waals surface area contributed by atoms with Crippen molar-refractivity contribution in [1.29, 1.82) is 0 Å². The number of esters is 2. The molecule has 226 valence electrons. The summed E-state index contributed by atoms with van der Waals surface area (Å²) in [5.74, 6) is -4.29. The van der Waals surface area contributed by atoms with Gasteiger partial charge in [-0.3, -0.25) is 19.4 Å². The molecular weight excluding hydrogens is 550 g/mol. The molecule has 13 nitrogen and oxygen atoms in total. The van der Waals surface area contributed by atoms with Crippen LogP contribution in [0.5, 0.6) is 11.5 Å². The number of rotatable bonds is 10. The Balaban J connectivity index is 1.66. The molecule has 2 N–H and O–H groups in total. The molecule has 2 amide bonds. The second-order valence-electron chi connectivity index (χ2n) is 10.4. The summed E-state index contributed by atoms with van der Waals surface area (Å²) >= 11 is 0. The van der Waals surface area contributed by atoms with E-state index in [1.807, 2.05) is 24.3 Å². The summed E-state index contributed by atoms with van der Waals surface area (Å²) in [7, 11) is 3.12. The van der Waals surface area contributed by atoms with Gasteiger partial charge in [-0.15, -0.1) is 0 Å². The van der Waals surface area contributed by atoms with Crippen LogP contribution in [0, 0.1) is 0 Å². The van der Waals surface area contributed by atoms with E-state index in [1.165, 1.54) is 20.8 Å². The van der Waals surface area contributed by atoms with Gasteiger partial charge in [-0.2, -0.15) is 0 Å². The van der Waals surface area contributed by atoms with Gasteiger partial charge >= 0.3 is 17.9 Å². The van der Waals surface area contributed by atoms with Crippen molar-refractivity contribution in [3.05, 3.63) is 59.7 Å². The lowest BCUT2D eigenvalue weighted by Crippen LogP contribution is -2.58. The molecule has 1 unspecified atom stereocenters. The summed E-state index contributed by atoms with van der Waals surface area (Å²) < 4.78 is 20.2. The van der Waals surface area contributed by atoms with Gasteiger partial charge in [0.25, 0.3) is 6.23 Å². The van der Waals surface area contributed by atoms with Gasteiger partial charge in [0.1, 0.15) is 17.1 Å². The number of hydrogen-bond donors (Lipinski definition) is 2. The van der Waals surface area contributed by atoms with Gasteiger partial charge in [-0.25, -0.2) is 14.4 Å². The normalized spacial score (nSPS) is 14.6. The van der Waals surface area contributed by atoms with Crippen molar-refractivity contribution >= 4 is 29.7 Å². The molecule has 2 aromatic carbocycles. The zero-order chi connectivity index (χ0) is 31.0. The van der Waals surface area contributed by atoms with E-state index in [9.17, 15) is 29.1 Å². The van der Waals surface area contributed by atoms with E-state index in [2.05, 4.69) is 5.32 Å². The van der Waals surface area contributed by atoms with Crippen LogP contribution in [0.25, 0.3) is 0 Å². The average Bonchev–Trinajstić information content (AvgIpc) is 2.94. The lowest BCUT2D eigenvalue weighted by molar-refractivity contribution is -0.192. The lowest BCUT2D eigenvalue weighted by atomic mass is 9.98. The molecule has 2 aromatic rings. The first-order valence-electron chi connectivity index (χ1n) is 13.1. The first kappa shape index (κ1) is 31.9. The Labute approximate surface area is 243 Å². The third kappa shape index (κ3) is 8.67. The first-order valence-corrected chi connectivity index (χ1v) is 13.1. The number of carbonyl (C=O) groups excluding carboxylic acids is 4. The van der Waals surface area contributed by atoms with Crippen molar-refractivity contribution in [1.82, 2.24) is 15.1 Å². The highest BCUT2D eigenvalue weighted by molar-refractivity contribution is 6.30. The SMILES string of the molecule is COc1ccc(C(NC(=O)CN2CCN(C(OC(=O)C(=O)OC(C)(C)C)C(=O)O)C(=O)C2)c2ccc(OC)cc2)cc1. The molecule has 3 rings (SSSR count). The highest BCUT2D eigenvalue weighted by Gasteiger charge is 2.39. The van der Waals surface area contributed by atoms with Crippen LogP contribution >= 0.6 is 0 Å². The molecule has 13 heteroatoms. The fourth-order valence-electron chi connectivity index (χ4n) is 4.20. The Morgan fingerprint density at radius 1 is 0.881 bits per heavy atom. The number of carbonyl (C=O) groups is 5. The molecule has 1 atom stereocenters. The number of methoxy groups -OCH3 is 2. The van der Waals surface area contributed by atoms with Crippen LogP contribution in [-0.4, -0.2) is 96.9 Å². The van der Waals surface area contributed by atoms with Crippen LogP contribution in [0.1, 0.15) is 37.9 Å². The highest BCUT2D eigenvalue weighted by atomic mass is 16.6. The van der Waals surface area contributed by atoms with Crippen molar-refractivity contribution in [2.24, 2.45) is 0 Å². The van der Waals surface area contributed by atoms with Crippen LogP contribution < -0.4 is 14.8 Å². The minimum Gasteiger partial charge on any atom is -0.497 e. The van der Waals surface area contributed by atoms with E-state index in [1.54, 1.807) is 43.4 Å². The maximum absolute atomic E-state index is 13.1. The van der Waals surface area contributed by atoms with Crippen molar-refractivity contribution in [3.8, 4) is 11.5 Å². The van der Waals surface area contributed by atoms with Crippen molar-refractivity contribution in [2.45, 2.75) is 38.6 Å². The van der Waals surface area contributed by atoms with Gasteiger partial charge in [-0.1, -0.05) is 24.3 Å². The van der Waals surface area contributed by atoms with Gasteiger partial charge in [0.15, 0.2) is 0 Å². The number of carboxylic acids is 1. The fourth-order valence-corrected chi connectivity index (χ4v) is 4.20. The molecule has 42 heavy (non-hydrogen) atoms. The van der Waals surface area contributed by atoms with Crippen molar-refractivity contribution in [3.63, 3.8) is 0 Å². The molecular formula is C29H35N3O10. The molecule has 0 spiro atoms. The summed E-state index contributed by atoms with van der Waals surface area (Å²) in [4.78, 5) is 64.2. The van der Waals surface area contributed by atoms with Crippen LogP contribution in [0.4, 0.5) is 0 Å². The Morgan fingerprint density at radius 2 is 1.40 bits per heavy atom. The topological polar surface area (TPSA) is 161 Å². The lowest BCUT2D eigenvalue weighted by Gasteiger charge is -2.36. The maximum atomic E-state index is 13.1. The van der Waals surface area contributed by atoms with Gasteiger partial charge in [0.2, 0.25) is 11.8 Å². The number of piperazine rings is 1. The van der Waals surface area contributed by atoms with E-state index < -0.39 is 41.7 Å². The molecule has 1 heterocycles. The summed E-state index contributed by atoms with van der Waals surface area (Å²) in [5, 5.41) is 12.6. The zero-order valence-electron chi connectivity index (χ0n) is 24.1. The fraction of sp³-hybridized carbons (Fsp3) is 0.414. The van der Waals surface area contributed by atoms with Gasteiger partial charge in [-0.05, 0) is 56.2 Å². The van der Waals surface area contributed by atoms with Crippen LogP contribution in [0.2, 0.25) is 0 Å². The molecule has 1 fully saturated rings. The molecule has 0 aromatic heterocycles. The van der Waals surface area contributed by atoms with E-state index in [4.69, 9.17) is 18.9 Å². The zero-order valence-corrected chi connectivity index (χ0v) is 24.1. The smallest absolute Gasteiger partial charge is 0.419 e. The quantitative estimate of drug-likeness (QED) is 0.306. The van der Waals surface area contributed by atoms with Gasteiger partial charge in [0.05, 0.1) is 33.4 Å². The third-order valence-corrected chi connectivity index (χ3v) is 6.19. The van der Waals surface area contributed by atoms with Crippen LogP contribution in [-0.2, 0) is 33.4 Å². The molecule has 1 aliphatic heterocycles. The Bertz CT molecular complexity index is 1240.